The Kier molecular flexibility index (Phi) is 5.41. The lowest BCUT2D eigenvalue weighted by molar-refractivity contribution is -0.141. The Balaban J connectivity index is 2.17. The molecule has 0 aromatic rings. The molecule has 0 unspecified atom stereocenters. The fourth-order valence-corrected chi connectivity index (χ4v) is 1.94. The highest BCUT2D eigenvalue weighted by molar-refractivity contribution is 5.78. The average molecular weight is 242 g/mol. The smallest absolute Gasteiger partial charge is 0.307 e. The Bertz CT molecular complexity index is 279. The Morgan fingerprint density at radius 2 is 2.18 bits per heavy atom. The zero-order valence-corrected chi connectivity index (χ0v) is 10.6. The Morgan fingerprint density at radius 3 is 2.71 bits per heavy atom. The third kappa shape index (κ3) is 5.17. The summed E-state index contributed by atoms with van der Waals surface area (Å²) in [5.74, 6) is -0.485. The van der Waals surface area contributed by atoms with Crippen LogP contribution in [0.2, 0.25) is 0 Å². The second-order valence-corrected chi connectivity index (χ2v) is 5.09. The summed E-state index contributed by atoms with van der Waals surface area (Å²) >= 11 is 0. The van der Waals surface area contributed by atoms with Gasteiger partial charge in [-0.3, -0.25) is 14.5 Å². The normalized spacial score (nSPS) is 20.8. The molecule has 98 valence electrons. The topological polar surface area (TPSA) is 69.6 Å². The first-order chi connectivity index (χ1) is 7.99. The van der Waals surface area contributed by atoms with E-state index >= 15 is 0 Å². The number of nitrogens with zero attached hydrogens (tertiary/aromatic N) is 1. The summed E-state index contributed by atoms with van der Waals surface area (Å²) in [6.45, 7) is 6.45. The van der Waals surface area contributed by atoms with Crippen molar-refractivity contribution in [1.29, 1.82) is 0 Å². The van der Waals surface area contributed by atoms with E-state index in [4.69, 9.17) is 5.11 Å². The molecule has 2 N–H and O–H groups in total. The van der Waals surface area contributed by atoms with Gasteiger partial charge in [-0.05, 0) is 25.3 Å². The van der Waals surface area contributed by atoms with Crippen LogP contribution in [-0.2, 0) is 9.59 Å². The van der Waals surface area contributed by atoms with Crippen LogP contribution in [-0.4, -0.2) is 48.1 Å². The van der Waals surface area contributed by atoms with Crippen molar-refractivity contribution in [3.63, 3.8) is 0 Å². The molecule has 0 bridgehead atoms. The molecule has 0 aromatic carbocycles. The molecule has 0 aliphatic carbocycles. The highest BCUT2D eigenvalue weighted by Gasteiger charge is 2.28. The molecule has 0 saturated carbocycles. The zero-order valence-electron chi connectivity index (χ0n) is 10.6. The fraction of sp³-hybridized carbons (Fsp3) is 0.833. The van der Waals surface area contributed by atoms with Crippen molar-refractivity contribution in [2.45, 2.75) is 26.7 Å². The van der Waals surface area contributed by atoms with E-state index < -0.39 is 5.97 Å². The van der Waals surface area contributed by atoms with E-state index in [1.165, 1.54) is 0 Å². The van der Waals surface area contributed by atoms with Gasteiger partial charge in [-0.1, -0.05) is 13.8 Å². The van der Waals surface area contributed by atoms with E-state index in [2.05, 4.69) is 19.2 Å². The Morgan fingerprint density at radius 1 is 1.47 bits per heavy atom. The largest absolute Gasteiger partial charge is 0.481 e. The van der Waals surface area contributed by atoms with Gasteiger partial charge in [0.15, 0.2) is 0 Å². The first-order valence-corrected chi connectivity index (χ1v) is 6.21. The number of carbonyl (C=O) groups excluding carboxylic acids is 1. The summed E-state index contributed by atoms with van der Waals surface area (Å²) in [6, 6.07) is 0. The summed E-state index contributed by atoms with van der Waals surface area (Å²) in [5, 5.41) is 11.7. The monoisotopic (exact) mass is 242 g/mol. The molecule has 1 amide bonds. The quantitative estimate of drug-likeness (QED) is 0.714. The van der Waals surface area contributed by atoms with Gasteiger partial charge in [-0.2, -0.15) is 0 Å². The van der Waals surface area contributed by atoms with E-state index in [9.17, 15) is 9.59 Å². The van der Waals surface area contributed by atoms with E-state index in [-0.39, 0.29) is 11.8 Å². The van der Waals surface area contributed by atoms with Crippen molar-refractivity contribution in [3.8, 4) is 0 Å². The van der Waals surface area contributed by atoms with Gasteiger partial charge in [-0.15, -0.1) is 0 Å². The highest BCUT2D eigenvalue weighted by Crippen LogP contribution is 2.15. The highest BCUT2D eigenvalue weighted by atomic mass is 16.4. The van der Waals surface area contributed by atoms with Crippen molar-refractivity contribution < 1.29 is 14.7 Å². The third-order valence-electron chi connectivity index (χ3n) is 3.03. The number of amides is 1. The van der Waals surface area contributed by atoms with Crippen LogP contribution < -0.4 is 5.32 Å². The first-order valence-electron chi connectivity index (χ1n) is 6.21. The van der Waals surface area contributed by atoms with Crippen molar-refractivity contribution in [2.24, 2.45) is 11.8 Å². The van der Waals surface area contributed by atoms with Gasteiger partial charge in [0, 0.05) is 13.1 Å². The molecule has 17 heavy (non-hydrogen) atoms. The van der Waals surface area contributed by atoms with Crippen molar-refractivity contribution >= 4 is 11.9 Å². The van der Waals surface area contributed by atoms with E-state index in [0.29, 0.717) is 38.5 Å². The maximum absolute atomic E-state index is 11.6. The van der Waals surface area contributed by atoms with Crippen LogP contribution in [0.15, 0.2) is 0 Å². The van der Waals surface area contributed by atoms with Crippen LogP contribution in [0.5, 0.6) is 0 Å². The van der Waals surface area contributed by atoms with Gasteiger partial charge in [0.1, 0.15) is 0 Å². The minimum atomic E-state index is -0.757. The Hall–Kier alpha value is -1.10. The molecule has 1 saturated heterocycles. The Labute approximate surface area is 102 Å². The van der Waals surface area contributed by atoms with Crippen LogP contribution in [0.25, 0.3) is 0 Å². The van der Waals surface area contributed by atoms with Crippen LogP contribution in [0.3, 0.4) is 0 Å². The van der Waals surface area contributed by atoms with Gasteiger partial charge in [0.05, 0.1) is 12.5 Å². The van der Waals surface area contributed by atoms with Crippen molar-refractivity contribution in [1.82, 2.24) is 10.2 Å². The maximum Gasteiger partial charge on any atom is 0.307 e. The predicted molar refractivity (Wildman–Crippen MR) is 64.6 cm³/mol. The van der Waals surface area contributed by atoms with Crippen molar-refractivity contribution in [3.05, 3.63) is 0 Å². The third-order valence-corrected chi connectivity index (χ3v) is 3.03. The summed E-state index contributed by atoms with van der Waals surface area (Å²) in [5.41, 5.74) is 0. The lowest BCUT2D eigenvalue weighted by Gasteiger charge is -2.15. The summed E-state index contributed by atoms with van der Waals surface area (Å²) < 4.78 is 0. The maximum atomic E-state index is 11.6. The van der Waals surface area contributed by atoms with Crippen LogP contribution in [0.1, 0.15) is 26.7 Å². The number of carboxylic acid groups (broad SMARTS) is 1. The number of carbonyl (C=O) groups is 2. The summed E-state index contributed by atoms with van der Waals surface area (Å²) in [4.78, 5) is 24.2. The minimum absolute atomic E-state index is 0.00307. The molecule has 0 radical (unpaired) electrons. The standard InChI is InChI=1S/C12H22N2O3/c1-9(2)3-5-13-11(15)8-14-6-4-10(7-14)12(16)17/h9-10H,3-8H2,1-2H3,(H,13,15)(H,16,17)/t10-/m0/s1. The van der Waals surface area contributed by atoms with Crippen LogP contribution >= 0.6 is 0 Å². The molecule has 1 heterocycles. The lowest BCUT2D eigenvalue weighted by atomic mass is 10.1. The number of hydrogen-bond acceptors (Lipinski definition) is 3. The molecule has 1 atom stereocenters. The number of nitrogens with one attached hydrogen (secondary N) is 1. The molecule has 0 aromatic heterocycles. The molecule has 1 aliphatic heterocycles. The molecule has 5 heteroatoms. The molecule has 0 spiro atoms. The van der Waals surface area contributed by atoms with Gasteiger partial charge in [0.2, 0.25) is 5.91 Å². The molecule has 5 nitrogen and oxygen atoms in total. The van der Waals surface area contributed by atoms with Gasteiger partial charge < -0.3 is 10.4 Å². The van der Waals surface area contributed by atoms with Crippen molar-refractivity contribution in [2.75, 3.05) is 26.2 Å². The number of likely N-dealkylation sites (tertiary alicyclic amines) is 1. The molecule has 1 aliphatic rings. The summed E-state index contributed by atoms with van der Waals surface area (Å²) in [7, 11) is 0. The van der Waals surface area contributed by atoms with E-state index in [1.54, 1.807) is 0 Å². The number of carboxylic acids is 1. The second-order valence-electron chi connectivity index (χ2n) is 5.09. The predicted octanol–water partition coefficient (Wildman–Crippen LogP) is 0.555. The first kappa shape index (κ1) is 14.0. The van der Waals surface area contributed by atoms with Gasteiger partial charge in [-0.25, -0.2) is 0 Å². The van der Waals surface area contributed by atoms with Crippen LogP contribution in [0.4, 0.5) is 0 Å². The summed E-state index contributed by atoms with van der Waals surface area (Å²) in [6.07, 6.45) is 1.62. The van der Waals surface area contributed by atoms with E-state index in [0.717, 1.165) is 6.42 Å². The number of rotatable bonds is 6. The SMILES string of the molecule is CC(C)CCNC(=O)CN1CC[C@H](C(=O)O)C1. The van der Waals surface area contributed by atoms with Crippen LogP contribution in [0, 0.1) is 11.8 Å². The zero-order chi connectivity index (χ0) is 12.8. The van der Waals surface area contributed by atoms with Gasteiger partial charge in [0.25, 0.3) is 0 Å². The fourth-order valence-electron chi connectivity index (χ4n) is 1.94. The minimum Gasteiger partial charge on any atom is -0.481 e. The second kappa shape index (κ2) is 6.59. The lowest BCUT2D eigenvalue weighted by Crippen LogP contribution is -2.37. The van der Waals surface area contributed by atoms with Gasteiger partial charge >= 0.3 is 5.97 Å². The van der Waals surface area contributed by atoms with E-state index in [1.807, 2.05) is 4.90 Å². The number of hydrogen-bond donors (Lipinski definition) is 2. The molecular weight excluding hydrogens is 220 g/mol. The molecule has 1 rings (SSSR count). The molecular formula is C12H22N2O3. The molecule has 1 fully saturated rings. The number of aliphatic carboxylic acids is 1. The average Bonchev–Trinajstić information content (AvgIpc) is 2.65.